The summed E-state index contributed by atoms with van der Waals surface area (Å²) in [5.41, 5.74) is 2.76. The standard InChI is InChI=1S/C13H19O/c1-4-6-9-12-11(5-2)8-7-10-13(12)14-3/h7-8,10H,1,4-6,9H2,2-3H3. The molecule has 1 rings (SSSR count). The van der Waals surface area contributed by atoms with Crippen molar-refractivity contribution in [2.75, 3.05) is 7.11 Å². The van der Waals surface area contributed by atoms with Gasteiger partial charge >= 0.3 is 0 Å². The number of hydrogen-bond acceptors (Lipinski definition) is 1. The van der Waals surface area contributed by atoms with Crippen LogP contribution in [0.5, 0.6) is 5.75 Å². The minimum atomic E-state index is 0.987. The van der Waals surface area contributed by atoms with Crippen molar-refractivity contribution in [3.63, 3.8) is 0 Å². The lowest BCUT2D eigenvalue weighted by atomic mass is 9.99. The zero-order valence-electron chi connectivity index (χ0n) is 9.18. The average molecular weight is 191 g/mol. The number of benzene rings is 1. The quantitative estimate of drug-likeness (QED) is 0.693. The van der Waals surface area contributed by atoms with Crippen LogP contribution in [0.25, 0.3) is 0 Å². The molecule has 0 amide bonds. The largest absolute Gasteiger partial charge is 0.496 e. The summed E-state index contributed by atoms with van der Waals surface area (Å²) in [6.07, 6.45) is 4.27. The predicted molar refractivity (Wildman–Crippen MR) is 60.7 cm³/mol. The first-order chi connectivity index (χ1) is 6.83. The van der Waals surface area contributed by atoms with Gasteiger partial charge in [-0.25, -0.2) is 0 Å². The Morgan fingerprint density at radius 3 is 2.71 bits per heavy atom. The summed E-state index contributed by atoms with van der Waals surface area (Å²) < 4.78 is 5.36. The molecule has 0 aliphatic heterocycles. The van der Waals surface area contributed by atoms with Crippen LogP contribution in [0.15, 0.2) is 18.2 Å². The molecule has 0 aromatic heterocycles. The topological polar surface area (TPSA) is 9.23 Å². The van der Waals surface area contributed by atoms with E-state index in [4.69, 9.17) is 4.74 Å². The maximum atomic E-state index is 5.36. The average Bonchev–Trinajstić information content (AvgIpc) is 2.25. The zero-order valence-corrected chi connectivity index (χ0v) is 9.18. The maximum absolute atomic E-state index is 5.36. The SMILES string of the molecule is [CH2]CCCc1c(CC)cccc1OC. The van der Waals surface area contributed by atoms with E-state index in [0.29, 0.717) is 0 Å². The molecular formula is C13H19O. The monoisotopic (exact) mass is 191 g/mol. The molecule has 0 fully saturated rings. The Bertz CT molecular complexity index is 256. The Balaban J connectivity index is 2.93. The van der Waals surface area contributed by atoms with Crippen LogP contribution in [0.3, 0.4) is 0 Å². The van der Waals surface area contributed by atoms with E-state index in [9.17, 15) is 0 Å². The molecule has 0 aliphatic carbocycles. The number of ether oxygens (including phenoxy) is 1. The lowest BCUT2D eigenvalue weighted by Crippen LogP contribution is -1.97. The van der Waals surface area contributed by atoms with E-state index in [0.717, 1.165) is 31.4 Å². The van der Waals surface area contributed by atoms with Gasteiger partial charge < -0.3 is 4.74 Å². The van der Waals surface area contributed by atoms with Gasteiger partial charge in [0.15, 0.2) is 0 Å². The van der Waals surface area contributed by atoms with Crippen LogP contribution < -0.4 is 4.74 Å². The van der Waals surface area contributed by atoms with E-state index >= 15 is 0 Å². The Labute approximate surface area is 87.1 Å². The first-order valence-electron chi connectivity index (χ1n) is 5.27. The van der Waals surface area contributed by atoms with Crippen molar-refractivity contribution in [2.45, 2.75) is 32.6 Å². The summed E-state index contributed by atoms with van der Waals surface area (Å²) in [6, 6.07) is 6.28. The summed E-state index contributed by atoms with van der Waals surface area (Å²) in [7, 11) is 1.74. The summed E-state index contributed by atoms with van der Waals surface area (Å²) in [4.78, 5) is 0. The van der Waals surface area contributed by atoms with Gasteiger partial charge in [0.2, 0.25) is 0 Å². The van der Waals surface area contributed by atoms with Crippen molar-refractivity contribution in [3.05, 3.63) is 36.2 Å². The second-order valence-electron chi connectivity index (χ2n) is 3.41. The minimum absolute atomic E-state index is 0.987. The highest BCUT2D eigenvalue weighted by molar-refractivity contribution is 5.40. The molecule has 0 saturated heterocycles. The van der Waals surface area contributed by atoms with Crippen molar-refractivity contribution < 1.29 is 4.74 Å². The van der Waals surface area contributed by atoms with Crippen molar-refractivity contribution in [2.24, 2.45) is 0 Å². The van der Waals surface area contributed by atoms with Crippen LogP contribution in [0.2, 0.25) is 0 Å². The van der Waals surface area contributed by atoms with E-state index in [2.05, 4.69) is 26.0 Å². The van der Waals surface area contributed by atoms with Crippen LogP contribution in [-0.4, -0.2) is 7.11 Å². The van der Waals surface area contributed by atoms with Gasteiger partial charge in [-0.1, -0.05) is 32.4 Å². The third-order valence-electron chi connectivity index (χ3n) is 2.51. The summed E-state index contributed by atoms with van der Waals surface area (Å²) in [5.74, 6) is 1.03. The normalized spacial score (nSPS) is 10.2. The van der Waals surface area contributed by atoms with E-state index in [1.165, 1.54) is 11.1 Å². The van der Waals surface area contributed by atoms with E-state index < -0.39 is 0 Å². The highest BCUT2D eigenvalue weighted by Gasteiger charge is 2.06. The molecule has 0 N–H and O–H groups in total. The first kappa shape index (κ1) is 11.1. The smallest absolute Gasteiger partial charge is 0.122 e. The third kappa shape index (κ3) is 2.50. The van der Waals surface area contributed by atoms with Crippen molar-refractivity contribution >= 4 is 0 Å². The highest BCUT2D eigenvalue weighted by Crippen LogP contribution is 2.24. The van der Waals surface area contributed by atoms with Gasteiger partial charge in [0.1, 0.15) is 5.75 Å². The predicted octanol–water partition coefficient (Wildman–Crippen LogP) is 3.41. The van der Waals surface area contributed by atoms with E-state index in [1.54, 1.807) is 7.11 Å². The van der Waals surface area contributed by atoms with Gasteiger partial charge in [-0.2, -0.15) is 0 Å². The Kier molecular flexibility index (Phi) is 4.51. The second kappa shape index (κ2) is 5.69. The molecule has 1 radical (unpaired) electrons. The maximum Gasteiger partial charge on any atom is 0.122 e. The van der Waals surface area contributed by atoms with Crippen LogP contribution in [0.1, 0.15) is 30.9 Å². The molecule has 0 saturated carbocycles. The molecular weight excluding hydrogens is 172 g/mol. The summed E-state index contributed by atoms with van der Waals surface area (Å²) in [6.45, 7) is 6.05. The van der Waals surface area contributed by atoms with Gasteiger partial charge in [0, 0.05) is 0 Å². The number of aryl methyl sites for hydroxylation is 1. The molecule has 1 aromatic carbocycles. The Morgan fingerprint density at radius 2 is 2.14 bits per heavy atom. The molecule has 0 atom stereocenters. The van der Waals surface area contributed by atoms with Crippen molar-refractivity contribution in [3.8, 4) is 5.75 Å². The van der Waals surface area contributed by atoms with Crippen LogP contribution in [0, 0.1) is 6.92 Å². The van der Waals surface area contributed by atoms with E-state index in [1.807, 2.05) is 6.07 Å². The fraction of sp³-hybridized carbons (Fsp3) is 0.462. The minimum Gasteiger partial charge on any atom is -0.496 e. The lowest BCUT2D eigenvalue weighted by Gasteiger charge is -2.12. The molecule has 14 heavy (non-hydrogen) atoms. The number of rotatable bonds is 5. The molecule has 77 valence electrons. The molecule has 1 nitrogen and oxygen atoms in total. The second-order valence-corrected chi connectivity index (χ2v) is 3.41. The van der Waals surface area contributed by atoms with Gasteiger partial charge in [-0.3, -0.25) is 0 Å². The van der Waals surface area contributed by atoms with Gasteiger partial charge in [0.05, 0.1) is 7.11 Å². The molecule has 0 heterocycles. The summed E-state index contributed by atoms with van der Waals surface area (Å²) >= 11 is 0. The van der Waals surface area contributed by atoms with Crippen LogP contribution in [0.4, 0.5) is 0 Å². The first-order valence-corrected chi connectivity index (χ1v) is 5.27. The fourth-order valence-electron chi connectivity index (χ4n) is 1.72. The Hall–Kier alpha value is -0.980. The Morgan fingerprint density at radius 1 is 1.36 bits per heavy atom. The molecule has 1 aromatic rings. The van der Waals surface area contributed by atoms with Gasteiger partial charge in [-0.15, -0.1) is 0 Å². The van der Waals surface area contributed by atoms with Crippen molar-refractivity contribution in [1.82, 2.24) is 0 Å². The zero-order chi connectivity index (χ0) is 10.4. The molecule has 0 spiro atoms. The number of unbranched alkanes of at least 4 members (excludes halogenated alkanes) is 1. The third-order valence-corrected chi connectivity index (χ3v) is 2.51. The van der Waals surface area contributed by atoms with E-state index in [-0.39, 0.29) is 0 Å². The molecule has 0 aliphatic rings. The van der Waals surface area contributed by atoms with Gasteiger partial charge in [0.25, 0.3) is 0 Å². The van der Waals surface area contributed by atoms with Crippen LogP contribution >= 0.6 is 0 Å². The lowest BCUT2D eigenvalue weighted by molar-refractivity contribution is 0.408. The fourth-order valence-corrected chi connectivity index (χ4v) is 1.72. The van der Waals surface area contributed by atoms with Crippen LogP contribution in [-0.2, 0) is 12.8 Å². The number of methoxy groups -OCH3 is 1. The number of hydrogen-bond donors (Lipinski definition) is 0. The molecule has 0 unspecified atom stereocenters. The molecule has 1 heteroatoms. The highest BCUT2D eigenvalue weighted by atomic mass is 16.5. The van der Waals surface area contributed by atoms with Gasteiger partial charge in [-0.05, 0) is 36.5 Å². The molecule has 0 bridgehead atoms. The summed E-state index contributed by atoms with van der Waals surface area (Å²) in [5, 5.41) is 0. The van der Waals surface area contributed by atoms with Crippen molar-refractivity contribution in [1.29, 1.82) is 0 Å².